The van der Waals surface area contributed by atoms with E-state index in [9.17, 15) is 9.59 Å². The van der Waals surface area contributed by atoms with Gasteiger partial charge in [0.2, 0.25) is 5.91 Å². The molecule has 0 aliphatic rings. The Balaban J connectivity index is 1.76. The van der Waals surface area contributed by atoms with Crippen LogP contribution in [-0.2, 0) is 10.2 Å². The molecule has 0 spiro atoms. The number of aromatic nitrogens is 2. The van der Waals surface area contributed by atoms with Crippen LogP contribution < -0.4 is 10.6 Å². The Morgan fingerprint density at radius 2 is 1.78 bits per heavy atom. The highest BCUT2D eigenvalue weighted by Crippen LogP contribution is 2.27. The highest BCUT2D eigenvalue weighted by Gasteiger charge is 2.22. The monoisotopic (exact) mass is 453 g/mol. The van der Waals surface area contributed by atoms with Gasteiger partial charge in [0.05, 0.1) is 11.4 Å². The molecule has 7 nitrogen and oxygen atoms in total. The lowest BCUT2D eigenvalue weighted by Gasteiger charge is -2.18. The summed E-state index contributed by atoms with van der Waals surface area (Å²) in [5.41, 5.74) is 3.13. The second kappa shape index (κ2) is 9.44. The lowest BCUT2D eigenvalue weighted by molar-refractivity contribution is -0.116. The standard InChI is InChI=1S/C24H28ClN5O2/c1-16-9-6-7-12-19(16)30-21(14-20(28-30)24(2,3)4)27-22(31)15-29(5)23(32)26-18-11-8-10-17(25)13-18/h6-14H,15H2,1-5H3,(H,26,32)(H,27,31). The molecule has 1 heterocycles. The van der Waals surface area contributed by atoms with E-state index in [4.69, 9.17) is 16.7 Å². The zero-order chi connectivity index (χ0) is 23.5. The second-order valence-corrected chi connectivity index (χ2v) is 9.14. The van der Waals surface area contributed by atoms with Gasteiger partial charge in [0, 0.05) is 29.2 Å². The first-order valence-electron chi connectivity index (χ1n) is 10.3. The molecular weight excluding hydrogens is 426 g/mol. The number of hydrogen-bond donors (Lipinski definition) is 2. The molecule has 0 saturated heterocycles. The SMILES string of the molecule is Cc1ccccc1-n1nc(C(C)(C)C)cc1NC(=O)CN(C)C(=O)Nc1cccc(Cl)c1. The van der Waals surface area contributed by atoms with Gasteiger partial charge < -0.3 is 15.5 Å². The number of aryl methyl sites for hydroxylation is 1. The highest BCUT2D eigenvalue weighted by atomic mass is 35.5. The van der Waals surface area contributed by atoms with E-state index in [1.54, 1.807) is 36.0 Å². The largest absolute Gasteiger partial charge is 0.322 e. The maximum atomic E-state index is 12.8. The molecule has 3 aromatic rings. The number of nitrogens with one attached hydrogen (secondary N) is 2. The van der Waals surface area contributed by atoms with Gasteiger partial charge in [0.25, 0.3) is 0 Å². The van der Waals surface area contributed by atoms with Gasteiger partial charge in [-0.05, 0) is 36.8 Å². The topological polar surface area (TPSA) is 79.3 Å². The lowest BCUT2D eigenvalue weighted by atomic mass is 9.92. The summed E-state index contributed by atoms with van der Waals surface area (Å²) < 4.78 is 1.74. The Morgan fingerprint density at radius 1 is 1.06 bits per heavy atom. The fourth-order valence-corrected chi connectivity index (χ4v) is 3.27. The minimum atomic E-state index is -0.412. The van der Waals surface area contributed by atoms with E-state index in [0.717, 1.165) is 16.9 Å². The number of anilines is 2. The molecule has 2 N–H and O–H groups in total. The number of rotatable bonds is 5. The summed E-state index contributed by atoms with van der Waals surface area (Å²) in [5, 5.41) is 10.9. The van der Waals surface area contributed by atoms with Crippen molar-refractivity contribution in [2.75, 3.05) is 24.2 Å². The summed E-state index contributed by atoms with van der Waals surface area (Å²) >= 11 is 5.96. The average molecular weight is 454 g/mol. The molecule has 3 amide bonds. The number of amides is 3. The third kappa shape index (κ3) is 5.68. The first kappa shape index (κ1) is 23.3. The van der Waals surface area contributed by atoms with Crippen LogP contribution >= 0.6 is 11.6 Å². The van der Waals surface area contributed by atoms with Crippen LogP contribution in [0.25, 0.3) is 5.69 Å². The van der Waals surface area contributed by atoms with Crippen molar-refractivity contribution in [2.45, 2.75) is 33.1 Å². The van der Waals surface area contributed by atoms with Crippen molar-refractivity contribution in [3.8, 4) is 5.69 Å². The van der Waals surface area contributed by atoms with E-state index in [1.165, 1.54) is 4.90 Å². The van der Waals surface area contributed by atoms with Crippen molar-refractivity contribution >= 4 is 35.0 Å². The van der Waals surface area contributed by atoms with Gasteiger partial charge >= 0.3 is 6.03 Å². The normalized spacial score (nSPS) is 11.2. The third-order valence-corrected chi connectivity index (χ3v) is 5.13. The summed E-state index contributed by atoms with van der Waals surface area (Å²) in [7, 11) is 1.55. The Kier molecular flexibility index (Phi) is 6.89. The summed E-state index contributed by atoms with van der Waals surface area (Å²) in [6.45, 7) is 8.06. The zero-order valence-corrected chi connectivity index (χ0v) is 19.7. The van der Waals surface area contributed by atoms with Gasteiger partial charge in [0.15, 0.2) is 0 Å². The highest BCUT2D eigenvalue weighted by molar-refractivity contribution is 6.30. The Morgan fingerprint density at radius 3 is 2.44 bits per heavy atom. The van der Waals surface area contributed by atoms with Gasteiger partial charge in [-0.15, -0.1) is 0 Å². The van der Waals surface area contributed by atoms with E-state index in [-0.39, 0.29) is 17.9 Å². The van der Waals surface area contributed by atoms with Gasteiger partial charge in [-0.25, -0.2) is 9.48 Å². The number of carbonyl (C=O) groups is 2. The lowest BCUT2D eigenvalue weighted by Crippen LogP contribution is -2.37. The maximum Gasteiger partial charge on any atom is 0.322 e. The maximum absolute atomic E-state index is 12.8. The minimum Gasteiger partial charge on any atom is -0.318 e. The molecule has 0 unspecified atom stereocenters. The quantitative estimate of drug-likeness (QED) is 0.554. The van der Waals surface area contributed by atoms with Crippen molar-refractivity contribution in [2.24, 2.45) is 0 Å². The molecule has 32 heavy (non-hydrogen) atoms. The molecule has 3 rings (SSSR count). The van der Waals surface area contributed by atoms with E-state index >= 15 is 0 Å². The molecule has 168 valence electrons. The molecule has 0 aliphatic carbocycles. The van der Waals surface area contributed by atoms with Crippen LogP contribution in [-0.4, -0.2) is 40.2 Å². The molecule has 0 atom stereocenters. The fraction of sp³-hybridized carbons (Fsp3) is 0.292. The van der Waals surface area contributed by atoms with Crippen LogP contribution in [0.1, 0.15) is 32.0 Å². The molecule has 0 saturated carbocycles. The summed E-state index contributed by atoms with van der Waals surface area (Å²) in [6, 6.07) is 16.1. The summed E-state index contributed by atoms with van der Waals surface area (Å²) in [4.78, 5) is 26.5. The number of hydrogen-bond acceptors (Lipinski definition) is 3. The number of para-hydroxylation sites is 1. The van der Waals surface area contributed by atoms with Gasteiger partial charge in [-0.2, -0.15) is 5.10 Å². The fourth-order valence-electron chi connectivity index (χ4n) is 3.08. The van der Waals surface area contributed by atoms with E-state index in [2.05, 4.69) is 31.4 Å². The number of nitrogens with zero attached hydrogens (tertiary/aromatic N) is 3. The second-order valence-electron chi connectivity index (χ2n) is 8.71. The summed E-state index contributed by atoms with van der Waals surface area (Å²) in [5.74, 6) is 0.224. The molecule has 0 aliphatic heterocycles. The molecule has 2 aromatic carbocycles. The van der Waals surface area contributed by atoms with Gasteiger partial charge in [-0.1, -0.05) is 56.6 Å². The van der Waals surface area contributed by atoms with E-state index in [1.807, 2.05) is 37.3 Å². The van der Waals surface area contributed by atoms with Crippen LogP contribution in [0.5, 0.6) is 0 Å². The molecular formula is C24H28ClN5O2. The Bertz CT molecular complexity index is 1130. The third-order valence-electron chi connectivity index (χ3n) is 4.89. The number of halogens is 1. The van der Waals surface area contributed by atoms with Crippen molar-refractivity contribution in [3.63, 3.8) is 0 Å². The number of carbonyl (C=O) groups excluding carboxylic acids is 2. The number of likely N-dealkylation sites (N-methyl/N-ethyl adjacent to an activating group) is 1. The van der Waals surface area contributed by atoms with Crippen molar-refractivity contribution < 1.29 is 9.59 Å². The van der Waals surface area contributed by atoms with Crippen LogP contribution in [0, 0.1) is 6.92 Å². The van der Waals surface area contributed by atoms with Crippen LogP contribution in [0.3, 0.4) is 0 Å². The number of benzene rings is 2. The molecule has 0 fully saturated rings. The average Bonchev–Trinajstić information content (AvgIpc) is 3.12. The van der Waals surface area contributed by atoms with Gasteiger partial charge in [-0.3, -0.25) is 4.79 Å². The van der Waals surface area contributed by atoms with E-state index in [0.29, 0.717) is 16.5 Å². The van der Waals surface area contributed by atoms with Gasteiger partial charge in [0.1, 0.15) is 12.4 Å². The van der Waals surface area contributed by atoms with Crippen LogP contribution in [0.15, 0.2) is 54.6 Å². The van der Waals surface area contributed by atoms with Crippen molar-refractivity contribution in [1.82, 2.24) is 14.7 Å². The Labute approximate surface area is 193 Å². The molecule has 8 heteroatoms. The Hall–Kier alpha value is -3.32. The molecule has 1 aromatic heterocycles. The predicted molar refractivity (Wildman–Crippen MR) is 129 cm³/mol. The molecule has 0 radical (unpaired) electrons. The molecule has 0 bridgehead atoms. The summed E-state index contributed by atoms with van der Waals surface area (Å²) in [6.07, 6.45) is 0. The minimum absolute atomic E-state index is 0.129. The first-order chi connectivity index (χ1) is 15.0. The predicted octanol–water partition coefficient (Wildman–Crippen LogP) is 5.23. The van der Waals surface area contributed by atoms with Crippen molar-refractivity contribution in [1.29, 1.82) is 0 Å². The smallest absolute Gasteiger partial charge is 0.318 e. The van der Waals surface area contributed by atoms with Crippen LogP contribution in [0.2, 0.25) is 5.02 Å². The first-order valence-corrected chi connectivity index (χ1v) is 10.7. The van der Waals surface area contributed by atoms with Crippen LogP contribution in [0.4, 0.5) is 16.3 Å². The zero-order valence-electron chi connectivity index (χ0n) is 18.9. The van der Waals surface area contributed by atoms with Crippen molar-refractivity contribution in [3.05, 3.63) is 70.9 Å². The number of urea groups is 1. The van der Waals surface area contributed by atoms with E-state index < -0.39 is 6.03 Å².